The van der Waals surface area contributed by atoms with Crippen LogP contribution >= 0.6 is 24.0 Å². The predicted molar refractivity (Wildman–Crippen MR) is 116 cm³/mol. The molecule has 0 saturated carbocycles. The van der Waals surface area contributed by atoms with Crippen molar-refractivity contribution >= 4 is 29.9 Å². The molecule has 0 aliphatic carbocycles. The number of ether oxygens (including phenoxy) is 1. The summed E-state index contributed by atoms with van der Waals surface area (Å²) >= 11 is 0. The third-order valence-electron chi connectivity index (χ3n) is 4.64. The molecular formula is C19H30F3IN4O. The van der Waals surface area contributed by atoms with E-state index in [1.165, 1.54) is 12.8 Å². The van der Waals surface area contributed by atoms with Crippen LogP contribution in [-0.4, -0.2) is 57.4 Å². The van der Waals surface area contributed by atoms with Crippen molar-refractivity contribution in [2.75, 3.05) is 40.3 Å². The Balaban J connectivity index is 0.00000392. The van der Waals surface area contributed by atoms with E-state index < -0.39 is 12.8 Å². The Bertz CT molecular complexity index is 588. The van der Waals surface area contributed by atoms with E-state index in [9.17, 15) is 13.2 Å². The number of piperidine rings is 1. The summed E-state index contributed by atoms with van der Waals surface area (Å²) in [5, 5.41) is 6.64. The number of guanidine groups is 1. The quantitative estimate of drug-likeness (QED) is 0.333. The van der Waals surface area contributed by atoms with Crippen LogP contribution in [0.5, 0.6) is 0 Å². The Morgan fingerprint density at radius 3 is 2.32 bits per heavy atom. The van der Waals surface area contributed by atoms with E-state index in [-0.39, 0.29) is 30.6 Å². The molecule has 28 heavy (non-hydrogen) atoms. The summed E-state index contributed by atoms with van der Waals surface area (Å²) in [4.78, 5) is 6.59. The Kier molecular flexibility index (Phi) is 11.1. The van der Waals surface area contributed by atoms with Crippen LogP contribution in [0.3, 0.4) is 0 Å². The Morgan fingerprint density at radius 1 is 1.14 bits per heavy atom. The fourth-order valence-electron chi connectivity index (χ4n) is 2.95. The summed E-state index contributed by atoms with van der Waals surface area (Å²) in [6.07, 6.45) is -1.91. The minimum Gasteiger partial charge on any atom is -0.367 e. The third kappa shape index (κ3) is 9.92. The van der Waals surface area contributed by atoms with Gasteiger partial charge >= 0.3 is 6.18 Å². The number of nitrogens with zero attached hydrogens (tertiary/aromatic N) is 2. The highest BCUT2D eigenvalue weighted by atomic mass is 127. The average molecular weight is 514 g/mol. The molecule has 0 spiro atoms. The average Bonchev–Trinajstić information content (AvgIpc) is 2.63. The number of hydrogen-bond donors (Lipinski definition) is 2. The van der Waals surface area contributed by atoms with Gasteiger partial charge in [0.15, 0.2) is 5.96 Å². The maximum absolute atomic E-state index is 12.1. The molecule has 9 heteroatoms. The molecule has 2 N–H and O–H groups in total. The van der Waals surface area contributed by atoms with Crippen molar-refractivity contribution in [3.63, 3.8) is 0 Å². The second-order valence-electron chi connectivity index (χ2n) is 6.98. The summed E-state index contributed by atoms with van der Waals surface area (Å²) in [7, 11) is 3.89. The number of hydrogen-bond acceptors (Lipinski definition) is 3. The number of nitrogens with one attached hydrogen (secondary N) is 2. The standard InChI is InChI=1S/C19H29F3N4O.HI/c1-23-18(25-12-16-7-9-26(2)10-8-16)24-11-15-3-5-17(6-4-15)13-27-14-19(20,21)22;/h3-6,16H,7-14H2,1-2H3,(H2,23,24,25);1H. The van der Waals surface area contributed by atoms with Gasteiger partial charge in [-0.3, -0.25) is 4.99 Å². The lowest BCUT2D eigenvalue weighted by atomic mass is 9.97. The maximum atomic E-state index is 12.1. The number of halogens is 4. The number of aliphatic imine (C=N–C) groups is 1. The zero-order valence-electron chi connectivity index (χ0n) is 16.4. The van der Waals surface area contributed by atoms with Gasteiger partial charge in [-0.05, 0) is 50.0 Å². The minimum absolute atomic E-state index is 0. The number of rotatable bonds is 7. The van der Waals surface area contributed by atoms with Crippen molar-refractivity contribution in [3.8, 4) is 0 Å². The van der Waals surface area contributed by atoms with Crippen molar-refractivity contribution in [2.45, 2.75) is 32.2 Å². The van der Waals surface area contributed by atoms with Crippen LogP contribution in [-0.2, 0) is 17.9 Å². The fraction of sp³-hybridized carbons (Fsp3) is 0.632. The van der Waals surface area contributed by atoms with Gasteiger partial charge < -0.3 is 20.3 Å². The van der Waals surface area contributed by atoms with E-state index in [0.717, 1.165) is 31.2 Å². The lowest BCUT2D eigenvalue weighted by molar-refractivity contribution is -0.176. The van der Waals surface area contributed by atoms with E-state index in [4.69, 9.17) is 0 Å². The SMILES string of the molecule is CN=C(NCc1ccc(COCC(F)(F)F)cc1)NCC1CCN(C)CC1.I. The highest BCUT2D eigenvalue weighted by molar-refractivity contribution is 14.0. The summed E-state index contributed by atoms with van der Waals surface area (Å²) < 4.78 is 40.9. The largest absolute Gasteiger partial charge is 0.411 e. The van der Waals surface area contributed by atoms with Crippen LogP contribution in [0.15, 0.2) is 29.3 Å². The van der Waals surface area contributed by atoms with Gasteiger partial charge in [0.2, 0.25) is 0 Å². The Hall–Kier alpha value is -1.07. The first-order chi connectivity index (χ1) is 12.9. The van der Waals surface area contributed by atoms with Crippen LogP contribution in [0, 0.1) is 5.92 Å². The molecule has 2 rings (SSSR count). The lowest BCUT2D eigenvalue weighted by Crippen LogP contribution is -2.42. The van der Waals surface area contributed by atoms with Crippen molar-refractivity contribution in [1.82, 2.24) is 15.5 Å². The van der Waals surface area contributed by atoms with Gasteiger partial charge in [0.25, 0.3) is 0 Å². The number of likely N-dealkylation sites (tertiary alicyclic amines) is 1. The van der Waals surface area contributed by atoms with Crippen molar-refractivity contribution in [1.29, 1.82) is 0 Å². The van der Waals surface area contributed by atoms with Crippen LogP contribution in [0.25, 0.3) is 0 Å². The second kappa shape index (κ2) is 12.5. The summed E-state index contributed by atoms with van der Waals surface area (Å²) in [6, 6.07) is 7.32. The topological polar surface area (TPSA) is 48.9 Å². The molecule has 1 heterocycles. The van der Waals surface area contributed by atoms with Crippen LogP contribution in [0.4, 0.5) is 13.2 Å². The third-order valence-corrected chi connectivity index (χ3v) is 4.64. The molecule has 1 aliphatic heterocycles. The van der Waals surface area contributed by atoms with Crippen LogP contribution in [0.1, 0.15) is 24.0 Å². The predicted octanol–water partition coefficient (Wildman–Crippen LogP) is 3.39. The van der Waals surface area contributed by atoms with Gasteiger partial charge in [0.1, 0.15) is 6.61 Å². The zero-order valence-corrected chi connectivity index (χ0v) is 18.7. The van der Waals surface area contributed by atoms with E-state index >= 15 is 0 Å². The molecule has 0 aromatic heterocycles. The molecule has 1 aromatic carbocycles. The molecule has 1 fully saturated rings. The molecule has 0 amide bonds. The van der Waals surface area contributed by atoms with Gasteiger partial charge in [0.05, 0.1) is 6.61 Å². The molecule has 0 atom stereocenters. The number of benzene rings is 1. The minimum atomic E-state index is -4.29. The van der Waals surface area contributed by atoms with E-state index in [0.29, 0.717) is 18.0 Å². The fourth-order valence-corrected chi connectivity index (χ4v) is 2.95. The van der Waals surface area contributed by atoms with E-state index in [1.807, 2.05) is 12.1 Å². The maximum Gasteiger partial charge on any atom is 0.411 e. The lowest BCUT2D eigenvalue weighted by Gasteiger charge is -2.29. The molecule has 160 valence electrons. The summed E-state index contributed by atoms with van der Waals surface area (Å²) in [6.45, 7) is 2.50. The zero-order chi connectivity index (χ0) is 19.7. The van der Waals surface area contributed by atoms with Gasteiger partial charge in [-0.2, -0.15) is 13.2 Å². The molecule has 0 unspecified atom stereocenters. The van der Waals surface area contributed by atoms with E-state index in [1.54, 1.807) is 19.2 Å². The van der Waals surface area contributed by atoms with Gasteiger partial charge in [0, 0.05) is 20.1 Å². The molecule has 1 aliphatic rings. The molecule has 5 nitrogen and oxygen atoms in total. The van der Waals surface area contributed by atoms with Crippen LogP contribution in [0.2, 0.25) is 0 Å². The Labute approximate surface area is 182 Å². The summed E-state index contributed by atoms with van der Waals surface area (Å²) in [5.41, 5.74) is 1.74. The molecule has 1 saturated heterocycles. The van der Waals surface area contributed by atoms with Crippen molar-refractivity contribution in [2.24, 2.45) is 10.9 Å². The van der Waals surface area contributed by atoms with Crippen molar-refractivity contribution in [3.05, 3.63) is 35.4 Å². The van der Waals surface area contributed by atoms with Gasteiger partial charge in [-0.15, -0.1) is 24.0 Å². The van der Waals surface area contributed by atoms with Gasteiger partial charge in [-0.1, -0.05) is 24.3 Å². The number of alkyl halides is 3. The van der Waals surface area contributed by atoms with Gasteiger partial charge in [-0.25, -0.2) is 0 Å². The highest BCUT2D eigenvalue weighted by Gasteiger charge is 2.27. The van der Waals surface area contributed by atoms with Crippen molar-refractivity contribution < 1.29 is 17.9 Å². The first-order valence-electron chi connectivity index (χ1n) is 9.21. The normalized spacial score (nSPS) is 16.5. The van der Waals surface area contributed by atoms with Crippen LogP contribution < -0.4 is 10.6 Å². The molecule has 0 bridgehead atoms. The second-order valence-corrected chi connectivity index (χ2v) is 6.98. The Morgan fingerprint density at radius 2 is 1.75 bits per heavy atom. The first kappa shape index (κ1) is 25.0. The smallest absolute Gasteiger partial charge is 0.367 e. The summed E-state index contributed by atoms with van der Waals surface area (Å²) in [5.74, 6) is 1.42. The molecule has 0 radical (unpaired) electrons. The first-order valence-corrected chi connectivity index (χ1v) is 9.21. The molecule has 1 aromatic rings. The molecular weight excluding hydrogens is 484 g/mol. The van der Waals surface area contributed by atoms with E-state index in [2.05, 4.69) is 32.3 Å². The monoisotopic (exact) mass is 514 g/mol. The highest BCUT2D eigenvalue weighted by Crippen LogP contribution is 2.16.